The monoisotopic (exact) mass is 429 g/mol. The topological polar surface area (TPSA) is 63.1 Å². The van der Waals surface area contributed by atoms with E-state index < -0.39 is 0 Å². The lowest BCUT2D eigenvalue weighted by atomic mass is 10.0. The lowest BCUT2D eigenvalue weighted by Gasteiger charge is -2.32. The molecule has 1 amide bonds. The van der Waals surface area contributed by atoms with Gasteiger partial charge in [-0.2, -0.15) is 5.10 Å². The minimum Gasteiger partial charge on any atom is -0.370 e. The number of nitrogens with zero attached hydrogens (tertiary/aromatic N) is 4. The summed E-state index contributed by atoms with van der Waals surface area (Å²) in [4.78, 5) is 19.5. The molecule has 6 nitrogen and oxygen atoms in total. The van der Waals surface area contributed by atoms with Gasteiger partial charge in [-0.3, -0.25) is 9.48 Å². The van der Waals surface area contributed by atoms with Gasteiger partial charge in [0.05, 0.1) is 22.3 Å². The number of aromatic nitrogens is 3. The van der Waals surface area contributed by atoms with Gasteiger partial charge in [0.2, 0.25) is 0 Å². The third-order valence-corrected chi connectivity index (χ3v) is 5.69. The van der Waals surface area contributed by atoms with E-state index in [0.29, 0.717) is 22.3 Å². The number of nitrogens with one attached hydrogen (secondary N) is 1. The number of halogens is 2. The Bertz CT molecular complexity index is 1060. The molecular formula is C21H21Cl2N5O. The summed E-state index contributed by atoms with van der Waals surface area (Å²) in [6, 6.07) is 9.10. The van der Waals surface area contributed by atoms with Gasteiger partial charge >= 0.3 is 0 Å². The Morgan fingerprint density at radius 3 is 2.79 bits per heavy atom. The predicted molar refractivity (Wildman–Crippen MR) is 117 cm³/mol. The van der Waals surface area contributed by atoms with Crippen molar-refractivity contribution >= 4 is 40.6 Å². The number of anilines is 2. The fourth-order valence-corrected chi connectivity index (χ4v) is 3.79. The van der Waals surface area contributed by atoms with Crippen LogP contribution in [-0.2, 0) is 0 Å². The van der Waals surface area contributed by atoms with Gasteiger partial charge in [0.15, 0.2) is 0 Å². The fourth-order valence-electron chi connectivity index (χ4n) is 3.50. The third-order valence-electron chi connectivity index (χ3n) is 4.95. The SMILES string of the molecule is CCCNc1cc(-c2cnn3c2C(=O)N(c2ccc(Cl)c(Cl)c2)C[C@@H]3C)ccn1. The Kier molecular flexibility index (Phi) is 5.48. The van der Waals surface area contributed by atoms with Crippen molar-refractivity contribution in [2.24, 2.45) is 0 Å². The maximum Gasteiger partial charge on any atom is 0.277 e. The summed E-state index contributed by atoms with van der Waals surface area (Å²) in [5.74, 6) is 0.663. The van der Waals surface area contributed by atoms with E-state index in [1.54, 1.807) is 34.1 Å². The van der Waals surface area contributed by atoms with Crippen molar-refractivity contribution in [2.45, 2.75) is 26.3 Å². The summed E-state index contributed by atoms with van der Waals surface area (Å²) in [6.07, 6.45) is 4.50. The molecule has 2 aromatic heterocycles. The number of pyridine rings is 1. The Morgan fingerprint density at radius 2 is 2.03 bits per heavy atom. The van der Waals surface area contributed by atoms with Crippen LogP contribution in [0, 0.1) is 0 Å². The largest absolute Gasteiger partial charge is 0.370 e. The molecule has 1 aliphatic heterocycles. The molecule has 8 heteroatoms. The molecule has 0 radical (unpaired) electrons. The van der Waals surface area contributed by atoms with E-state index in [0.717, 1.165) is 35.6 Å². The molecule has 0 fully saturated rings. The first-order valence-corrected chi connectivity index (χ1v) is 10.3. The van der Waals surface area contributed by atoms with Gasteiger partial charge in [0, 0.05) is 30.5 Å². The fraction of sp³-hybridized carbons (Fsp3) is 0.286. The summed E-state index contributed by atoms with van der Waals surface area (Å²) >= 11 is 12.2. The van der Waals surface area contributed by atoms with E-state index in [4.69, 9.17) is 23.2 Å². The number of fused-ring (bicyclic) bond motifs is 1. The molecule has 0 saturated heterocycles. The molecule has 1 aromatic carbocycles. The van der Waals surface area contributed by atoms with Crippen LogP contribution < -0.4 is 10.2 Å². The smallest absolute Gasteiger partial charge is 0.277 e. The van der Waals surface area contributed by atoms with E-state index in [2.05, 4.69) is 22.3 Å². The second kappa shape index (κ2) is 8.05. The molecule has 0 unspecified atom stereocenters. The van der Waals surface area contributed by atoms with E-state index in [1.165, 1.54) is 0 Å². The van der Waals surface area contributed by atoms with E-state index in [-0.39, 0.29) is 11.9 Å². The van der Waals surface area contributed by atoms with Crippen molar-refractivity contribution in [1.29, 1.82) is 0 Å². The van der Waals surface area contributed by atoms with Gasteiger partial charge in [-0.25, -0.2) is 4.98 Å². The molecule has 1 atom stereocenters. The molecule has 0 saturated carbocycles. The van der Waals surface area contributed by atoms with Gasteiger partial charge in [-0.05, 0) is 49.2 Å². The highest BCUT2D eigenvalue weighted by molar-refractivity contribution is 6.42. The molecule has 0 bridgehead atoms. The van der Waals surface area contributed by atoms with Crippen molar-refractivity contribution in [3.63, 3.8) is 0 Å². The number of carbonyl (C=O) groups is 1. The van der Waals surface area contributed by atoms with Crippen molar-refractivity contribution in [3.05, 3.63) is 58.5 Å². The molecule has 3 aromatic rings. The average Bonchev–Trinajstić information content (AvgIpc) is 3.18. The van der Waals surface area contributed by atoms with Crippen molar-refractivity contribution in [2.75, 3.05) is 23.3 Å². The summed E-state index contributed by atoms with van der Waals surface area (Å²) in [5, 5.41) is 8.66. The lowest BCUT2D eigenvalue weighted by molar-refractivity contribution is 0.0954. The average molecular weight is 430 g/mol. The van der Waals surface area contributed by atoms with E-state index >= 15 is 0 Å². The zero-order chi connectivity index (χ0) is 20.5. The van der Waals surface area contributed by atoms with Gasteiger partial charge < -0.3 is 10.2 Å². The molecule has 1 aliphatic rings. The number of amides is 1. The maximum absolute atomic E-state index is 13.4. The van der Waals surface area contributed by atoms with Crippen LogP contribution in [0.15, 0.2) is 42.7 Å². The zero-order valence-electron chi connectivity index (χ0n) is 16.2. The lowest BCUT2D eigenvalue weighted by Crippen LogP contribution is -2.42. The van der Waals surface area contributed by atoms with E-state index in [9.17, 15) is 4.79 Å². The van der Waals surface area contributed by atoms with Crippen LogP contribution in [0.5, 0.6) is 0 Å². The molecule has 4 rings (SSSR count). The highest BCUT2D eigenvalue weighted by atomic mass is 35.5. The normalized spacial score (nSPS) is 16.1. The number of hydrogen-bond acceptors (Lipinski definition) is 4. The van der Waals surface area contributed by atoms with Crippen LogP contribution in [0.3, 0.4) is 0 Å². The molecule has 150 valence electrons. The highest BCUT2D eigenvalue weighted by Gasteiger charge is 2.34. The summed E-state index contributed by atoms with van der Waals surface area (Å²) in [6.45, 7) is 5.48. The van der Waals surface area contributed by atoms with Gasteiger partial charge in [-0.15, -0.1) is 0 Å². The Hall–Kier alpha value is -2.57. The standard InChI is InChI=1S/C21H21Cl2N5O/c1-3-7-24-19-9-14(6-8-25-19)16-11-26-28-13(2)12-27(21(29)20(16)28)15-4-5-17(22)18(23)10-15/h4-6,8-11,13H,3,7,12H2,1-2H3,(H,24,25)/t13-/m0/s1. The number of carbonyl (C=O) groups excluding carboxylic acids is 1. The molecule has 0 aliphatic carbocycles. The molecular weight excluding hydrogens is 409 g/mol. The maximum atomic E-state index is 13.4. The first kappa shape index (κ1) is 19.7. The second-order valence-electron chi connectivity index (χ2n) is 7.07. The van der Waals surface area contributed by atoms with Crippen LogP contribution in [0.1, 0.15) is 36.8 Å². The van der Waals surface area contributed by atoms with Crippen LogP contribution in [0.25, 0.3) is 11.1 Å². The first-order valence-electron chi connectivity index (χ1n) is 9.54. The minimum atomic E-state index is -0.117. The number of rotatable bonds is 5. The van der Waals surface area contributed by atoms with Crippen molar-refractivity contribution < 1.29 is 4.79 Å². The van der Waals surface area contributed by atoms with Gasteiger partial charge in [-0.1, -0.05) is 30.1 Å². The zero-order valence-corrected chi connectivity index (χ0v) is 17.7. The van der Waals surface area contributed by atoms with Crippen LogP contribution >= 0.6 is 23.2 Å². The minimum absolute atomic E-state index is 0.0189. The van der Waals surface area contributed by atoms with Crippen molar-refractivity contribution in [3.8, 4) is 11.1 Å². The summed E-state index contributed by atoms with van der Waals surface area (Å²) < 4.78 is 1.80. The van der Waals surface area contributed by atoms with Crippen LogP contribution in [0.2, 0.25) is 10.0 Å². The summed E-state index contributed by atoms with van der Waals surface area (Å²) in [5.41, 5.74) is 2.96. The highest BCUT2D eigenvalue weighted by Crippen LogP contribution is 2.35. The predicted octanol–water partition coefficient (Wildman–Crippen LogP) is 5.30. The Labute approximate surface area is 179 Å². The van der Waals surface area contributed by atoms with Gasteiger partial charge in [0.25, 0.3) is 5.91 Å². The molecule has 0 spiro atoms. The first-order chi connectivity index (χ1) is 14.0. The van der Waals surface area contributed by atoms with Gasteiger partial charge in [0.1, 0.15) is 11.5 Å². The van der Waals surface area contributed by atoms with Crippen LogP contribution in [-0.4, -0.2) is 33.8 Å². The second-order valence-corrected chi connectivity index (χ2v) is 7.89. The van der Waals surface area contributed by atoms with E-state index in [1.807, 2.05) is 25.1 Å². The summed E-state index contributed by atoms with van der Waals surface area (Å²) in [7, 11) is 0. The Morgan fingerprint density at radius 1 is 1.21 bits per heavy atom. The molecule has 29 heavy (non-hydrogen) atoms. The molecule has 1 N–H and O–H groups in total. The quantitative estimate of drug-likeness (QED) is 0.597. The Balaban J connectivity index is 1.74. The number of benzene rings is 1. The molecule has 3 heterocycles. The van der Waals surface area contributed by atoms with Crippen LogP contribution in [0.4, 0.5) is 11.5 Å². The van der Waals surface area contributed by atoms with Crippen molar-refractivity contribution in [1.82, 2.24) is 14.8 Å². The third kappa shape index (κ3) is 3.70. The number of hydrogen-bond donors (Lipinski definition) is 1.